The van der Waals surface area contributed by atoms with Gasteiger partial charge in [0, 0.05) is 36.2 Å². The number of nitrogens with zero attached hydrogens (tertiary/aromatic N) is 2. The first-order chi connectivity index (χ1) is 15.7. The zero-order valence-electron chi connectivity index (χ0n) is 18.4. The van der Waals surface area contributed by atoms with Crippen LogP contribution in [0.1, 0.15) is 28.7 Å². The molecule has 0 saturated carbocycles. The second-order valence-corrected chi connectivity index (χ2v) is 7.48. The first-order valence-corrected chi connectivity index (χ1v) is 10.9. The second kappa shape index (κ2) is 9.96. The van der Waals surface area contributed by atoms with Crippen LogP contribution in [0.15, 0.2) is 85.1 Å². The van der Waals surface area contributed by atoms with Crippen LogP contribution in [0.4, 0.5) is 0 Å². The van der Waals surface area contributed by atoms with Gasteiger partial charge < -0.3 is 14.6 Å². The number of nitrogens with one attached hydrogen (secondary N) is 1. The van der Waals surface area contributed by atoms with Crippen molar-refractivity contribution < 1.29 is 9.53 Å². The van der Waals surface area contributed by atoms with E-state index in [1.807, 2.05) is 80.6 Å². The summed E-state index contributed by atoms with van der Waals surface area (Å²) in [7, 11) is 0. The second-order valence-electron chi connectivity index (χ2n) is 7.48. The molecule has 4 aromatic rings. The van der Waals surface area contributed by atoms with E-state index in [4.69, 9.17) is 4.74 Å². The van der Waals surface area contributed by atoms with Gasteiger partial charge in [-0.05, 0) is 61.9 Å². The highest BCUT2D eigenvalue weighted by Crippen LogP contribution is 2.30. The lowest BCUT2D eigenvalue weighted by Crippen LogP contribution is -2.26. The Morgan fingerprint density at radius 1 is 1.00 bits per heavy atom. The molecule has 4 rings (SSSR count). The zero-order chi connectivity index (χ0) is 22.3. The maximum atomic E-state index is 13.1. The predicted molar refractivity (Wildman–Crippen MR) is 127 cm³/mol. The van der Waals surface area contributed by atoms with Gasteiger partial charge in [0.1, 0.15) is 5.75 Å². The highest BCUT2D eigenvalue weighted by Gasteiger charge is 2.19. The maximum Gasteiger partial charge on any atom is 0.253 e. The van der Waals surface area contributed by atoms with Crippen LogP contribution in [-0.2, 0) is 6.42 Å². The number of hydrogen-bond acceptors (Lipinski definition) is 3. The van der Waals surface area contributed by atoms with E-state index in [1.54, 1.807) is 6.20 Å². The summed E-state index contributed by atoms with van der Waals surface area (Å²) < 4.78 is 7.71. The Balaban J connectivity index is 1.64. The number of hydrogen-bond donors (Lipinski definition) is 1. The lowest BCUT2D eigenvalue weighted by atomic mass is 10.1. The van der Waals surface area contributed by atoms with Gasteiger partial charge in [0.15, 0.2) is 0 Å². The Hall–Kier alpha value is -3.86. The average molecular weight is 426 g/mol. The molecule has 2 aromatic carbocycles. The smallest absolute Gasteiger partial charge is 0.253 e. The maximum absolute atomic E-state index is 13.1. The highest BCUT2D eigenvalue weighted by atomic mass is 16.5. The van der Waals surface area contributed by atoms with Gasteiger partial charge in [0.05, 0.1) is 17.9 Å². The summed E-state index contributed by atoms with van der Waals surface area (Å²) in [6.07, 6.45) is 2.46. The van der Waals surface area contributed by atoms with E-state index in [0.717, 1.165) is 34.1 Å². The minimum absolute atomic E-state index is 0.0831. The lowest BCUT2D eigenvalue weighted by molar-refractivity contribution is 0.0953. The first kappa shape index (κ1) is 21.4. The molecule has 32 heavy (non-hydrogen) atoms. The van der Waals surface area contributed by atoms with Crippen LogP contribution >= 0.6 is 0 Å². The van der Waals surface area contributed by atoms with Gasteiger partial charge in [-0.2, -0.15) is 0 Å². The summed E-state index contributed by atoms with van der Waals surface area (Å²) in [4.78, 5) is 17.4. The summed E-state index contributed by atoms with van der Waals surface area (Å²) in [6.45, 7) is 5.11. The summed E-state index contributed by atoms with van der Waals surface area (Å²) >= 11 is 0. The van der Waals surface area contributed by atoms with Gasteiger partial charge in [-0.25, -0.2) is 0 Å². The standard InChI is InChI=1S/C27H27N3O2/c1-3-32-24-14-12-23(13-15-24)30-20(2)25(19-26(30)21-9-5-4-6-10-21)27(31)29-18-16-22-11-7-8-17-28-22/h4-15,17,19H,3,16,18H2,1-2H3,(H,29,31). The van der Waals surface area contributed by atoms with E-state index in [0.29, 0.717) is 25.1 Å². The van der Waals surface area contributed by atoms with E-state index in [-0.39, 0.29) is 5.91 Å². The third kappa shape index (κ3) is 4.72. The number of carbonyl (C=O) groups excluding carboxylic acids is 1. The van der Waals surface area contributed by atoms with Gasteiger partial charge in [-0.3, -0.25) is 9.78 Å². The molecule has 5 nitrogen and oxygen atoms in total. The van der Waals surface area contributed by atoms with Crippen molar-refractivity contribution >= 4 is 5.91 Å². The van der Waals surface area contributed by atoms with Crippen molar-refractivity contribution in [1.82, 2.24) is 14.9 Å². The van der Waals surface area contributed by atoms with E-state index >= 15 is 0 Å². The van der Waals surface area contributed by atoms with Gasteiger partial charge in [-0.15, -0.1) is 0 Å². The van der Waals surface area contributed by atoms with Crippen LogP contribution in [0.25, 0.3) is 16.9 Å². The number of carbonyl (C=O) groups is 1. The molecule has 2 aromatic heterocycles. The zero-order valence-corrected chi connectivity index (χ0v) is 18.4. The van der Waals surface area contributed by atoms with Crippen LogP contribution in [0.2, 0.25) is 0 Å². The third-order valence-electron chi connectivity index (χ3n) is 5.36. The minimum atomic E-state index is -0.0831. The number of pyridine rings is 1. The van der Waals surface area contributed by atoms with Crippen molar-refractivity contribution in [2.75, 3.05) is 13.2 Å². The van der Waals surface area contributed by atoms with Crippen LogP contribution in [0.3, 0.4) is 0 Å². The summed E-state index contributed by atoms with van der Waals surface area (Å²) in [5.41, 5.74) is 5.53. The van der Waals surface area contributed by atoms with Crippen LogP contribution in [0.5, 0.6) is 5.75 Å². The predicted octanol–water partition coefficient (Wildman–Crippen LogP) is 5.22. The van der Waals surface area contributed by atoms with Crippen molar-refractivity contribution in [2.45, 2.75) is 20.3 Å². The minimum Gasteiger partial charge on any atom is -0.494 e. The Bertz CT molecular complexity index is 1170. The van der Waals surface area contributed by atoms with Crippen LogP contribution in [-0.4, -0.2) is 28.6 Å². The van der Waals surface area contributed by atoms with E-state index in [1.165, 1.54) is 0 Å². The van der Waals surface area contributed by atoms with Crippen LogP contribution < -0.4 is 10.1 Å². The molecule has 2 heterocycles. The molecule has 1 amide bonds. The highest BCUT2D eigenvalue weighted by molar-refractivity contribution is 5.97. The number of rotatable bonds is 8. The van der Waals surface area contributed by atoms with E-state index < -0.39 is 0 Å². The molecule has 0 spiro atoms. The molecular formula is C27H27N3O2. The van der Waals surface area contributed by atoms with Gasteiger partial charge >= 0.3 is 0 Å². The molecular weight excluding hydrogens is 398 g/mol. The topological polar surface area (TPSA) is 56.1 Å². The summed E-state index contributed by atoms with van der Waals surface area (Å²) in [5, 5.41) is 3.05. The Morgan fingerprint density at radius 3 is 2.44 bits per heavy atom. The van der Waals surface area contributed by atoms with Crippen molar-refractivity contribution in [1.29, 1.82) is 0 Å². The van der Waals surface area contributed by atoms with E-state index in [2.05, 4.69) is 27.0 Å². The van der Waals surface area contributed by atoms with Crippen molar-refractivity contribution in [3.8, 4) is 22.7 Å². The fourth-order valence-electron chi connectivity index (χ4n) is 3.79. The van der Waals surface area contributed by atoms with Gasteiger partial charge in [0.2, 0.25) is 0 Å². The Labute approximate surface area is 188 Å². The fourth-order valence-corrected chi connectivity index (χ4v) is 3.79. The number of benzene rings is 2. The Morgan fingerprint density at radius 2 is 1.75 bits per heavy atom. The average Bonchev–Trinajstić information content (AvgIpc) is 3.18. The molecule has 0 bridgehead atoms. The molecule has 0 radical (unpaired) electrons. The molecule has 162 valence electrons. The fraction of sp³-hybridized carbons (Fsp3) is 0.185. The van der Waals surface area contributed by atoms with Crippen molar-refractivity contribution in [3.63, 3.8) is 0 Å². The van der Waals surface area contributed by atoms with Gasteiger partial charge in [0.25, 0.3) is 5.91 Å². The molecule has 5 heteroatoms. The molecule has 0 unspecified atom stereocenters. The third-order valence-corrected chi connectivity index (χ3v) is 5.36. The van der Waals surface area contributed by atoms with Crippen molar-refractivity contribution in [2.24, 2.45) is 0 Å². The number of ether oxygens (including phenoxy) is 1. The van der Waals surface area contributed by atoms with Crippen molar-refractivity contribution in [3.05, 3.63) is 102 Å². The van der Waals surface area contributed by atoms with Crippen LogP contribution in [0, 0.1) is 6.92 Å². The Kier molecular flexibility index (Phi) is 6.66. The largest absolute Gasteiger partial charge is 0.494 e. The molecule has 0 aliphatic heterocycles. The molecule has 0 fully saturated rings. The molecule has 0 saturated heterocycles. The molecule has 0 aliphatic rings. The van der Waals surface area contributed by atoms with E-state index in [9.17, 15) is 4.79 Å². The summed E-state index contributed by atoms with van der Waals surface area (Å²) in [5.74, 6) is 0.745. The molecule has 0 aliphatic carbocycles. The molecule has 1 N–H and O–H groups in total. The number of aromatic nitrogens is 2. The quantitative estimate of drug-likeness (QED) is 0.421. The SMILES string of the molecule is CCOc1ccc(-n2c(-c3ccccc3)cc(C(=O)NCCc3ccccn3)c2C)cc1. The van der Waals surface area contributed by atoms with Gasteiger partial charge in [-0.1, -0.05) is 36.4 Å². The lowest BCUT2D eigenvalue weighted by Gasteiger charge is -2.13. The number of amides is 1. The summed E-state index contributed by atoms with van der Waals surface area (Å²) in [6, 6.07) is 25.9. The first-order valence-electron chi connectivity index (χ1n) is 10.9. The monoisotopic (exact) mass is 425 g/mol. The normalized spacial score (nSPS) is 10.7. The molecule has 0 atom stereocenters.